The molecule has 0 bridgehead atoms. The first-order chi connectivity index (χ1) is 10.6. The van der Waals surface area contributed by atoms with Crippen LogP contribution >= 0.6 is 0 Å². The smallest absolute Gasteiger partial charge is 0.157 e. The molecule has 0 rings (SSSR count). The second-order valence-electron chi connectivity index (χ2n) is 3.07. The lowest BCUT2D eigenvalue weighted by Crippen LogP contribution is -2.17. The molecule has 0 aromatic carbocycles. The lowest BCUT2D eigenvalue weighted by atomic mass is 10.1. The summed E-state index contributed by atoms with van der Waals surface area (Å²) in [6, 6.07) is 0. The minimum absolute atomic E-state index is 0.00507. The van der Waals surface area contributed by atoms with Crippen LogP contribution in [0.5, 0.6) is 0 Å². The second-order valence-corrected chi connectivity index (χ2v) is 3.07. The van der Waals surface area contributed by atoms with Gasteiger partial charge in [-0.2, -0.15) is 0 Å². The normalized spacial score (nSPS) is 25.6. The second kappa shape index (κ2) is 11.0. The number of hydrogen-bond acceptors (Lipinski definition) is 2. The van der Waals surface area contributed by atoms with Crippen molar-refractivity contribution in [1.29, 1.82) is 0 Å². The molecule has 0 aromatic rings. The largest absolute Gasteiger partial charge is 0.353 e. The average Bonchev–Trinajstić information content (AvgIpc) is 2.34. The molecule has 0 fully saturated rings. The van der Waals surface area contributed by atoms with Gasteiger partial charge in [0.25, 0.3) is 0 Å². The van der Waals surface area contributed by atoms with E-state index in [0.717, 1.165) is 25.7 Å². The van der Waals surface area contributed by atoms with Crippen LogP contribution in [0.4, 0.5) is 0 Å². The zero-order chi connectivity index (χ0) is 19.2. The maximum Gasteiger partial charge on any atom is 0.157 e. The summed E-state index contributed by atoms with van der Waals surface area (Å²) in [6.07, 6.45) is 2.51. The molecule has 2 heteroatoms. The van der Waals surface area contributed by atoms with Crippen molar-refractivity contribution in [3.8, 4) is 0 Å². The molecule has 86 valence electrons. The molecule has 2 nitrogen and oxygen atoms in total. The molecule has 0 radical (unpaired) electrons. The molecule has 0 saturated heterocycles. The summed E-state index contributed by atoms with van der Waals surface area (Å²) >= 11 is 0. The maximum absolute atomic E-state index is 7.46. The van der Waals surface area contributed by atoms with E-state index in [4.69, 9.17) is 23.2 Å². The Morgan fingerprint density at radius 3 is 2.29 bits per heavy atom. The molecule has 0 amide bonds. The van der Waals surface area contributed by atoms with Gasteiger partial charge in [0.15, 0.2) is 6.29 Å². The third kappa shape index (κ3) is 8.52. The van der Waals surface area contributed by atoms with E-state index in [1.165, 1.54) is 0 Å². The first-order valence-electron chi connectivity index (χ1n) is 10.00. The highest BCUT2D eigenvalue weighted by Crippen LogP contribution is 2.10. The number of ether oxygens (including phenoxy) is 2. The number of rotatable bonds is 10. The van der Waals surface area contributed by atoms with Crippen molar-refractivity contribution in [3.63, 3.8) is 0 Å². The minimum Gasteiger partial charge on any atom is -0.353 e. The van der Waals surface area contributed by atoms with Gasteiger partial charge in [-0.15, -0.1) is 0 Å². The van der Waals surface area contributed by atoms with Crippen LogP contribution in [-0.4, -0.2) is 19.4 Å². The van der Waals surface area contributed by atoms with E-state index in [9.17, 15) is 0 Å². The Balaban J connectivity index is 4.96. The van der Waals surface area contributed by atoms with Crippen LogP contribution in [0.1, 0.15) is 72.9 Å². The summed E-state index contributed by atoms with van der Waals surface area (Å²) in [7, 11) is 0. The molecular formula is C12H26O2. The van der Waals surface area contributed by atoms with Crippen LogP contribution in [0.15, 0.2) is 0 Å². The molecule has 14 heavy (non-hydrogen) atoms. The summed E-state index contributed by atoms with van der Waals surface area (Å²) < 4.78 is 82.2. The van der Waals surface area contributed by atoms with Crippen LogP contribution in [0.25, 0.3) is 0 Å². The molecule has 0 unspecified atom stereocenters. The van der Waals surface area contributed by atoms with Gasteiger partial charge in [-0.3, -0.25) is 0 Å². The summed E-state index contributed by atoms with van der Waals surface area (Å²) in [5, 5.41) is 0. The highest BCUT2D eigenvalue weighted by atomic mass is 16.7. The van der Waals surface area contributed by atoms with Crippen LogP contribution in [0.3, 0.4) is 0 Å². The molecular weight excluding hydrogens is 176 g/mol. The summed E-state index contributed by atoms with van der Waals surface area (Å²) in [4.78, 5) is 0. The van der Waals surface area contributed by atoms with Crippen LogP contribution < -0.4 is 0 Å². The lowest BCUT2D eigenvalue weighted by molar-refractivity contribution is -0.140. The van der Waals surface area contributed by atoms with E-state index in [0.29, 0.717) is 6.42 Å². The topological polar surface area (TPSA) is 18.5 Å². The Bertz CT molecular complexity index is 336. The van der Waals surface area contributed by atoms with Gasteiger partial charge in [-0.25, -0.2) is 0 Å². The van der Waals surface area contributed by atoms with E-state index in [1.807, 2.05) is 6.92 Å². The van der Waals surface area contributed by atoms with E-state index in [1.54, 1.807) is 0 Å². The highest BCUT2D eigenvalue weighted by Gasteiger charge is 2.06. The fourth-order valence-electron chi connectivity index (χ4n) is 1.19. The fourth-order valence-corrected chi connectivity index (χ4v) is 1.19. The first kappa shape index (κ1) is 4.42. The maximum atomic E-state index is 7.46. The van der Waals surface area contributed by atoms with Crippen molar-refractivity contribution in [3.05, 3.63) is 0 Å². The molecule has 0 spiro atoms. The predicted octanol–water partition coefficient (Wildman–Crippen LogP) is 3.75. The molecule has 0 aliphatic rings. The number of unbranched alkanes of at least 4 members (excludes halogenated alkanes) is 4. The van der Waals surface area contributed by atoms with Crippen molar-refractivity contribution < 1.29 is 23.2 Å². The van der Waals surface area contributed by atoms with Gasteiger partial charge in [0, 0.05) is 21.3 Å². The van der Waals surface area contributed by atoms with E-state index in [2.05, 4.69) is 0 Å². The Morgan fingerprint density at radius 2 is 1.71 bits per heavy atom. The molecule has 0 aromatic heterocycles. The lowest BCUT2D eigenvalue weighted by Gasteiger charge is -2.16. The van der Waals surface area contributed by atoms with Gasteiger partial charge >= 0.3 is 0 Å². The van der Waals surface area contributed by atoms with Gasteiger partial charge in [0.2, 0.25) is 0 Å². The third-order valence-corrected chi connectivity index (χ3v) is 1.92. The molecule has 0 heterocycles. The quantitative estimate of drug-likeness (QED) is 0.405. The third-order valence-electron chi connectivity index (χ3n) is 1.92. The van der Waals surface area contributed by atoms with E-state index < -0.39 is 33.1 Å². The van der Waals surface area contributed by atoms with Crippen LogP contribution in [0, 0.1) is 0 Å². The van der Waals surface area contributed by atoms with E-state index >= 15 is 0 Å². The first-order valence-corrected chi connectivity index (χ1v) is 5.00. The molecule has 0 aliphatic carbocycles. The molecule has 0 aliphatic heterocycles. The van der Waals surface area contributed by atoms with Gasteiger partial charge in [0.05, 0.1) is 5.48 Å². The fraction of sp³-hybridized carbons (Fsp3) is 1.00. The Morgan fingerprint density at radius 1 is 1.07 bits per heavy atom. The summed E-state index contributed by atoms with van der Waals surface area (Å²) in [6.45, 7) is -10.3. The van der Waals surface area contributed by atoms with Crippen molar-refractivity contribution >= 4 is 0 Å². The monoisotopic (exact) mass is 212 g/mol. The molecule has 0 N–H and O–H groups in total. The van der Waals surface area contributed by atoms with Crippen LogP contribution in [-0.2, 0) is 9.47 Å². The van der Waals surface area contributed by atoms with E-state index in [-0.39, 0.29) is 6.42 Å². The SMILES string of the molecule is [2H]C([2H])([2H])C([2H])([2H])OC(CCCCCCC)OC([2H])([2H])C([2H])([2H])[2H]. The van der Waals surface area contributed by atoms with Crippen molar-refractivity contribution in [2.24, 2.45) is 0 Å². The Kier molecular flexibility index (Phi) is 3.47. The number of hydrogen-bond donors (Lipinski definition) is 0. The molecule has 0 atom stereocenters. The standard InChI is InChI=1S/C12H26O2/c1-4-7-8-9-10-11-12(13-5-2)14-6-3/h12H,4-11H2,1-3H3/i2D3,3D3,5D2,6D2. The van der Waals surface area contributed by atoms with Gasteiger partial charge < -0.3 is 9.47 Å². The highest BCUT2D eigenvalue weighted by molar-refractivity contribution is 4.48. The Hall–Kier alpha value is -0.0800. The van der Waals surface area contributed by atoms with Crippen molar-refractivity contribution in [2.75, 3.05) is 13.1 Å². The van der Waals surface area contributed by atoms with Gasteiger partial charge in [0.1, 0.15) is 0 Å². The zero-order valence-corrected chi connectivity index (χ0v) is 8.64. The molecule has 0 saturated carbocycles. The zero-order valence-electron chi connectivity index (χ0n) is 18.6. The summed E-state index contributed by atoms with van der Waals surface area (Å²) in [5.41, 5.74) is 0. The van der Waals surface area contributed by atoms with Gasteiger partial charge in [-0.1, -0.05) is 32.6 Å². The van der Waals surface area contributed by atoms with Crippen molar-refractivity contribution in [2.45, 2.75) is 65.4 Å². The summed E-state index contributed by atoms with van der Waals surface area (Å²) in [5.74, 6) is 0. The predicted molar refractivity (Wildman–Crippen MR) is 60.4 cm³/mol. The Labute approximate surface area is 103 Å². The van der Waals surface area contributed by atoms with Crippen molar-refractivity contribution in [1.82, 2.24) is 0 Å². The minimum atomic E-state index is -3.11. The average molecular weight is 212 g/mol. The van der Waals surface area contributed by atoms with Gasteiger partial charge in [-0.05, 0) is 26.5 Å². The van der Waals surface area contributed by atoms with Crippen LogP contribution in [0.2, 0.25) is 0 Å².